The lowest BCUT2D eigenvalue weighted by Crippen LogP contribution is -2.30. The second kappa shape index (κ2) is 11.3. The first kappa shape index (κ1) is 23.9. The lowest BCUT2D eigenvalue weighted by Gasteiger charge is -2.24. The number of nitrogens with one attached hydrogen (secondary N) is 1. The summed E-state index contributed by atoms with van der Waals surface area (Å²) in [6.45, 7) is 2.37. The third-order valence-electron chi connectivity index (χ3n) is 6.03. The minimum atomic E-state index is -0.755. The van der Waals surface area contributed by atoms with E-state index < -0.39 is 24.3 Å². The Morgan fingerprint density at radius 2 is 1.88 bits per heavy atom. The average molecular weight is 472 g/mol. The molecule has 0 bridgehead atoms. The van der Waals surface area contributed by atoms with E-state index >= 15 is 0 Å². The van der Waals surface area contributed by atoms with Crippen molar-refractivity contribution in [3.63, 3.8) is 0 Å². The number of rotatable bonds is 7. The molecule has 1 aliphatic carbocycles. The van der Waals surface area contributed by atoms with Crippen LogP contribution in [0, 0.1) is 11.8 Å². The highest BCUT2D eigenvalue weighted by Crippen LogP contribution is 2.29. The van der Waals surface area contributed by atoms with Gasteiger partial charge in [0.15, 0.2) is 12.5 Å². The van der Waals surface area contributed by atoms with Crippen LogP contribution in [-0.2, 0) is 30.3 Å². The van der Waals surface area contributed by atoms with E-state index in [-0.39, 0.29) is 37.5 Å². The molecule has 1 saturated heterocycles. The first-order valence-corrected chi connectivity index (χ1v) is 11.5. The lowest BCUT2D eigenvalue weighted by molar-refractivity contribution is -0.164. The number of hydrogen-bond donors (Lipinski definition) is 1. The van der Waals surface area contributed by atoms with Crippen LogP contribution in [0.2, 0.25) is 0 Å². The van der Waals surface area contributed by atoms with Gasteiger partial charge in [0.05, 0.1) is 12.5 Å². The van der Waals surface area contributed by atoms with E-state index in [2.05, 4.69) is 17.2 Å². The van der Waals surface area contributed by atoms with Gasteiger partial charge in [-0.2, -0.15) is 4.98 Å². The minimum Gasteiger partial charge on any atom is -0.460 e. The molecule has 1 saturated carbocycles. The van der Waals surface area contributed by atoms with Crippen LogP contribution < -0.4 is 11.0 Å². The van der Waals surface area contributed by atoms with E-state index in [9.17, 15) is 14.4 Å². The molecule has 2 fully saturated rings. The minimum absolute atomic E-state index is 0.0313. The maximum Gasteiger partial charge on any atom is 0.413 e. The van der Waals surface area contributed by atoms with Gasteiger partial charge in [-0.3, -0.25) is 14.7 Å². The fourth-order valence-electron chi connectivity index (χ4n) is 4.01. The number of esters is 1. The van der Waals surface area contributed by atoms with E-state index in [1.807, 2.05) is 30.3 Å². The summed E-state index contributed by atoms with van der Waals surface area (Å²) in [6.07, 6.45) is 3.02. The lowest BCUT2D eigenvalue weighted by atomic mass is 9.83. The number of amides is 1. The fourth-order valence-corrected chi connectivity index (χ4v) is 4.01. The van der Waals surface area contributed by atoms with Gasteiger partial charge in [0.2, 0.25) is 0 Å². The van der Waals surface area contributed by atoms with Crippen LogP contribution in [0.3, 0.4) is 0 Å². The Bertz CT molecular complexity index is 1030. The number of hydrogen-bond acceptors (Lipinski definition) is 8. The zero-order chi connectivity index (χ0) is 23.9. The number of aromatic nitrogens is 2. The molecule has 34 heavy (non-hydrogen) atoms. The van der Waals surface area contributed by atoms with E-state index in [1.165, 1.54) is 16.8 Å². The molecule has 0 spiro atoms. The molecule has 2 aromatic rings. The second-order valence-corrected chi connectivity index (χ2v) is 8.63. The van der Waals surface area contributed by atoms with Crippen LogP contribution in [0.5, 0.6) is 0 Å². The number of benzene rings is 1. The molecule has 4 rings (SSSR count). The predicted octanol–water partition coefficient (Wildman–Crippen LogP) is 3.23. The quantitative estimate of drug-likeness (QED) is 0.612. The largest absolute Gasteiger partial charge is 0.460 e. The highest BCUT2D eigenvalue weighted by Gasteiger charge is 2.31. The first-order valence-electron chi connectivity index (χ1n) is 11.5. The van der Waals surface area contributed by atoms with Gasteiger partial charge >= 0.3 is 17.8 Å². The van der Waals surface area contributed by atoms with E-state index in [0.717, 1.165) is 31.2 Å². The second-order valence-electron chi connectivity index (χ2n) is 8.63. The third kappa shape index (κ3) is 6.42. The number of anilines is 1. The topological polar surface area (TPSA) is 118 Å². The monoisotopic (exact) mass is 471 g/mol. The molecular weight excluding hydrogens is 442 g/mol. The maximum atomic E-state index is 12.4. The van der Waals surface area contributed by atoms with Crippen LogP contribution in [0.4, 0.5) is 10.6 Å². The van der Waals surface area contributed by atoms with Crippen molar-refractivity contribution in [2.45, 2.75) is 51.7 Å². The number of ether oxygens (including phenoxy) is 4. The number of nitrogens with zero attached hydrogens (tertiary/aromatic N) is 2. The zero-order valence-electron chi connectivity index (χ0n) is 19.1. The van der Waals surface area contributed by atoms with Crippen molar-refractivity contribution in [3.05, 3.63) is 58.6 Å². The normalized spacial score (nSPS) is 24.4. The van der Waals surface area contributed by atoms with Crippen molar-refractivity contribution in [1.82, 2.24) is 9.55 Å². The molecule has 10 heteroatoms. The first-order chi connectivity index (χ1) is 16.5. The summed E-state index contributed by atoms with van der Waals surface area (Å²) < 4.78 is 23.0. The maximum absolute atomic E-state index is 12.4. The van der Waals surface area contributed by atoms with Crippen molar-refractivity contribution in [1.29, 1.82) is 0 Å². The Morgan fingerprint density at radius 1 is 1.12 bits per heavy atom. The van der Waals surface area contributed by atoms with Gasteiger partial charge in [-0.1, -0.05) is 37.3 Å². The van der Waals surface area contributed by atoms with E-state index in [0.29, 0.717) is 5.92 Å². The molecule has 1 N–H and O–H groups in total. The van der Waals surface area contributed by atoms with Crippen molar-refractivity contribution >= 4 is 17.9 Å². The summed E-state index contributed by atoms with van der Waals surface area (Å²) in [5.74, 6) is 0.417. The van der Waals surface area contributed by atoms with Crippen molar-refractivity contribution in [2.24, 2.45) is 11.8 Å². The van der Waals surface area contributed by atoms with Crippen LogP contribution >= 0.6 is 0 Å². The summed E-state index contributed by atoms with van der Waals surface area (Å²) in [6, 6.07) is 10.7. The molecule has 1 amide bonds. The molecule has 0 unspecified atom stereocenters. The van der Waals surface area contributed by atoms with Gasteiger partial charge in [-0.05, 0) is 43.2 Å². The summed E-state index contributed by atoms with van der Waals surface area (Å²) in [5, 5.41) is 2.43. The van der Waals surface area contributed by atoms with Crippen LogP contribution in [-0.4, -0.2) is 41.1 Å². The summed E-state index contributed by atoms with van der Waals surface area (Å²) >= 11 is 0. The molecule has 1 aliphatic heterocycles. The van der Waals surface area contributed by atoms with Gasteiger partial charge < -0.3 is 18.9 Å². The highest BCUT2D eigenvalue weighted by molar-refractivity contribution is 5.83. The van der Waals surface area contributed by atoms with Crippen LogP contribution in [0.25, 0.3) is 0 Å². The van der Waals surface area contributed by atoms with Crippen LogP contribution in [0.1, 0.15) is 44.4 Å². The molecule has 1 aromatic heterocycles. The third-order valence-corrected chi connectivity index (χ3v) is 6.03. The van der Waals surface area contributed by atoms with Crippen molar-refractivity contribution in [2.75, 3.05) is 18.5 Å². The summed E-state index contributed by atoms with van der Waals surface area (Å²) in [4.78, 5) is 40.5. The smallest absolute Gasteiger partial charge is 0.413 e. The molecule has 182 valence electrons. The number of carbonyl (C=O) groups is 2. The SMILES string of the molecule is CC1CCC(C(=O)OC[C@H]2OC[C@@H](n3ccc(NC(=O)OCc4ccccc4)nc3=O)O2)CC1. The van der Waals surface area contributed by atoms with Crippen molar-refractivity contribution in [3.8, 4) is 0 Å². The van der Waals surface area contributed by atoms with Crippen molar-refractivity contribution < 1.29 is 28.5 Å². The van der Waals surface area contributed by atoms with Gasteiger partial charge in [0, 0.05) is 6.20 Å². The molecule has 2 heterocycles. The van der Waals surface area contributed by atoms with Gasteiger partial charge in [0.25, 0.3) is 0 Å². The Kier molecular flexibility index (Phi) is 7.91. The number of carbonyl (C=O) groups excluding carboxylic acids is 2. The van der Waals surface area contributed by atoms with Gasteiger partial charge in [0.1, 0.15) is 19.0 Å². The van der Waals surface area contributed by atoms with E-state index in [4.69, 9.17) is 18.9 Å². The molecule has 2 aliphatic rings. The van der Waals surface area contributed by atoms with Crippen LogP contribution in [0.15, 0.2) is 47.4 Å². The van der Waals surface area contributed by atoms with Gasteiger partial charge in [-0.25, -0.2) is 9.59 Å². The Hall–Kier alpha value is -3.24. The molecule has 10 nitrogen and oxygen atoms in total. The van der Waals surface area contributed by atoms with Gasteiger partial charge in [-0.15, -0.1) is 0 Å². The molecular formula is C24H29N3O7. The average Bonchev–Trinajstić information content (AvgIpc) is 3.31. The Balaban J connectivity index is 1.23. The molecule has 0 radical (unpaired) electrons. The Labute approximate surface area is 197 Å². The standard InChI is InChI=1S/C24H29N3O7/c1-16-7-9-18(10-8-16)22(28)32-15-21-31-14-20(34-21)27-12-11-19(25-23(27)29)26-24(30)33-13-17-5-3-2-4-6-17/h2-6,11-12,16,18,20-21H,7-10,13-15H2,1H3,(H,25,26,29,30)/t16?,18?,20-,21-/m0/s1. The molecule has 1 aromatic carbocycles. The highest BCUT2D eigenvalue weighted by atomic mass is 16.7. The summed E-state index contributed by atoms with van der Waals surface area (Å²) in [7, 11) is 0. The van der Waals surface area contributed by atoms with E-state index in [1.54, 1.807) is 0 Å². The fraction of sp³-hybridized carbons (Fsp3) is 0.500. The summed E-state index contributed by atoms with van der Waals surface area (Å²) in [5.41, 5.74) is 0.219. The zero-order valence-corrected chi connectivity index (χ0v) is 19.1. The Morgan fingerprint density at radius 3 is 2.62 bits per heavy atom. The molecule has 2 atom stereocenters. The predicted molar refractivity (Wildman–Crippen MR) is 121 cm³/mol.